The van der Waals surface area contributed by atoms with Crippen molar-refractivity contribution < 1.29 is 32.7 Å². The molecular formula is C14H22NY-. The maximum absolute atomic E-state index is 4.55. The predicted molar refractivity (Wildman–Crippen MR) is 68.2 cm³/mol. The molecule has 0 aliphatic heterocycles. The zero-order valence-corrected chi connectivity index (χ0v) is 13.0. The Hall–Kier alpha value is 0.284. The Morgan fingerprint density at radius 1 is 1.25 bits per heavy atom. The van der Waals surface area contributed by atoms with E-state index in [1.165, 1.54) is 37.7 Å². The van der Waals surface area contributed by atoms with E-state index in [9.17, 15) is 0 Å². The van der Waals surface area contributed by atoms with E-state index in [2.05, 4.69) is 30.1 Å². The average Bonchev–Trinajstić information content (AvgIpc) is 2.29. The molecule has 87 valence electrons. The molecule has 0 aromatic rings. The van der Waals surface area contributed by atoms with Crippen molar-refractivity contribution in [2.24, 2.45) is 0 Å². The third-order valence-electron chi connectivity index (χ3n) is 2.59. The predicted octanol–water partition coefficient (Wildman–Crippen LogP) is 4.38. The average molecular weight is 293 g/mol. The first-order valence-electron chi connectivity index (χ1n) is 6.03. The van der Waals surface area contributed by atoms with Crippen LogP contribution in [0.15, 0.2) is 36.5 Å². The minimum Gasteiger partial charge on any atom is -0.658 e. The number of allylic oxidation sites excluding steroid dienone is 3. The number of hydrogen-bond acceptors (Lipinski definition) is 0. The van der Waals surface area contributed by atoms with E-state index in [-0.39, 0.29) is 32.7 Å². The van der Waals surface area contributed by atoms with Crippen LogP contribution in [0.1, 0.15) is 38.5 Å². The van der Waals surface area contributed by atoms with Gasteiger partial charge in [-0.2, -0.15) is 0 Å². The molecule has 1 aliphatic rings. The molecule has 1 aliphatic carbocycles. The van der Waals surface area contributed by atoms with Gasteiger partial charge in [-0.25, -0.2) is 0 Å². The molecule has 0 atom stereocenters. The van der Waals surface area contributed by atoms with Crippen molar-refractivity contribution in [3.8, 4) is 0 Å². The molecule has 0 N–H and O–H groups in total. The van der Waals surface area contributed by atoms with Crippen LogP contribution in [0.4, 0.5) is 0 Å². The minimum absolute atomic E-state index is 0. The van der Waals surface area contributed by atoms with Gasteiger partial charge in [-0.1, -0.05) is 42.7 Å². The smallest absolute Gasteiger partial charge is 0 e. The summed E-state index contributed by atoms with van der Waals surface area (Å²) >= 11 is 0. The van der Waals surface area contributed by atoms with Gasteiger partial charge in [0.05, 0.1) is 0 Å². The van der Waals surface area contributed by atoms with Crippen molar-refractivity contribution in [2.45, 2.75) is 38.5 Å². The number of rotatable bonds is 8. The molecule has 0 saturated carbocycles. The van der Waals surface area contributed by atoms with Gasteiger partial charge in [0.15, 0.2) is 0 Å². The number of nitrogens with zero attached hydrogens (tertiary/aromatic N) is 1. The van der Waals surface area contributed by atoms with E-state index in [0.717, 1.165) is 19.5 Å². The summed E-state index contributed by atoms with van der Waals surface area (Å²) in [4.78, 5) is 0. The van der Waals surface area contributed by atoms with Crippen LogP contribution in [-0.2, 0) is 32.7 Å². The van der Waals surface area contributed by atoms with Crippen LogP contribution >= 0.6 is 0 Å². The quantitative estimate of drug-likeness (QED) is 0.466. The summed E-state index contributed by atoms with van der Waals surface area (Å²) in [5, 5.41) is 4.55. The van der Waals surface area contributed by atoms with Gasteiger partial charge < -0.3 is 5.32 Å². The van der Waals surface area contributed by atoms with Crippen molar-refractivity contribution >= 4 is 0 Å². The molecule has 0 aromatic heterocycles. The van der Waals surface area contributed by atoms with E-state index in [4.69, 9.17) is 0 Å². The largest absolute Gasteiger partial charge is 0.658 e. The molecule has 16 heavy (non-hydrogen) atoms. The van der Waals surface area contributed by atoms with E-state index >= 15 is 0 Å². The van der Waals surface area contributed by atoms with Crippen LogP contribution in [0.25, 0.3) is 5.32 Å². The van der Waals surface area contributed by atoms with Crippen molar-refractivity contribution in [2.75, 3.05) is 13.1 Å². The first-order chi connectivity index (χ1) is 7.43. The van der Waals surface area contributed by atoms with E-state index < -0.39 is 0 Å². The Bertz CT molecular complexity index is 231. The summed E-state index contributed by atoms with van der Waals surface area (Å²) in [6, 6.07) is 0. The molecule has 0 unspecified atom stereocenters. The molecule has 0 amide bonds. The van der Waals surface area contributed by atoms with Gasteiger partial charge in [0.1, 0.15) is 0 Å². The summed E-state index contributed by atoms with van der Waals surface area (Å²) in [5.41, 5.74) is 1.40. The molecule has 1 rings (SSSR count). The fraction of sp³-hybridized carbons (Fsp3) is 0.571. The molecule has 0 heterocycles. The second kappa shape index (κ2) is 11.8. The van der Waals surface area contributed by atoms with Crippen LogP contribution < -0.4 is 0 Å². The first-order valence-corrected chi connectivity index (χ1v) is 6.03. The van der Waals surface area contributed by atoms with Gasteiger partial charge in [0.25, 0.3) is 0 Å². The molecule has 1 radical (unpaired) electrons. The maximum atomic E-state index is 4.55. The molecular weight excluding hydrogens is 271 g/mol. The van der Waals surface area contributed by atoms with Crippen LogP contribution in [0.3, 0.4) is 0 Å². The summed E-state index contributed by atoms with van der Waals surface area (Å²) in [6.07, 6.45) is 16.1. The summed E-state index contributed by atoms with van der Waals surface area (Å²) in [7, 11) is 0. The molecule has 0 bridgehead atoms. The standard InChI is InChI=1S/C14H22N.Y/c1-2-3-4-5-9-12-15-13-14-10-7-6-8-11-14;/h2,7,10-11H,1,3-6,8-9,12-13H2;/q-1;. The van der Waals surface area contributed by atoms with Crippen LogP contribution in [0.2, 0.25) is 0 Å². The Balaban J connectivity index is 0.00000225. The minimum atomic E-state index is 0. The van der Waals surface area contributed by atoms with Crippen molar-refractivity contribution in [3.05, 3.63) is 41.8 Å². The second-order valence-electron chi connectivity index (χ2n) is 4.00. The van der Waals surface area contributed by atoms with Gasteiger partial charge in [-0.3, -0.25) is 0 Å². The Labute approximate surface area is 125 Å². The SMILES string of the molecule is C=CCCCCC[N-]CC1=CCCC=C1.[Y]. The first kappa shape index (κ1) is 16.3. The molecule has 0 fully saturated rings. The topological polar surface area (TPSA) is 14.1 Å². The molecule has 0 saturated heterocycles. The molecule has 1 nitrogen and oxygen atoms in total. The van der Waals surface area contributed by atoms with Crippen LogP contribution in [0.5, 0.6) is 0 Å². The van der Waals surface area contributed by atoms with Gasteiger partial charge in [-0.15, -0.1) is 19.7 Å². The summed E-state index contributed by atoms with van der Waals surface area (Å²) < 4.78 is 0. The molecule has 0 aromatic carbocycles. The monoisotopic (exact) mass is 293 g/mol. The fourth-order valence-corrected chi connectivity index (χ4v) is 1.68. The van der Waals surface area contributed by atoms with Gasteiger partial charge in [-0.05, 0) is 25.7 Å². The Morgan fingerprint density at radius 2 is 2.12 bits per heavy atom. The normalized spacial score (nSPS) is 14.1. The van der Waals surface area contributed by atoms with E-state index in [1.54, 1.807) is 0 Å². The van der Waals surface area contributed by atoms with Crippen molar-refractivity contribution in [3.63, 3.8) is 0 Å². The van der Waals surface area contributed by atoms with Crippen LogP contribution in [-0.4, -0.2) is 13.1 Å². The number of unbranched alkanes of at least 4 members (excludes halogenated alkanes) is 3. The summed E-state index contributed by atoms with van der Waals surface area (Å²) in [5.74, 6) is 0. The maximum Gasteiger partial charge on any atom is 0 e. The molecule has 2 heteroatoms. The second-order valence-corrected chi connectivity index (χ2v) is 4.00. The van der Waals surface area contributed by atoms with Crippen molar-refractivity contribution in [1.82, 2.24) is 0 Å². The van der Waals surface area contributed by atoms with E-state index in [0.29, 0.717) is 0 Å². The van der Waals surface area contributed by atoms with Crippen molar-refractivity contribution in [1.29, 1.82) is 0 Å². The third-order valence-corrected chi connectivity index (χ3v) is 2.59. The zero-order chi connectivity index (χ0) is 10.8. The zero-order valence-electron chi connectivity index (χ0n) is 10.2. The third kappa shape index (κ3) is 8.44. The van der Waals surface area contributed by atoms with Crippen LogP contribution in [0, 0.1) is 0 Å². The van der Waals surface area contributed by atoms with Gasteiger partial charge >= 0.3 is 0 Å². The summed E-state index contributed by atoms with van der Waals surface area (Å²) in [6.45, 7) is 5.65. The number of hydrogen-bond donors (Lipinski definition) is 0. The molecule has 0 spiro atoms. The van der Waals surface area contributed by atoms with E-state index in [1.807, 2.05) is 6.08 Å². The Kier molecular flexibility index (Phi) is 12.0. The Morgan fingerprint density at radius 3 is 2.81 bits per heavy atom. The van der Waals surface area contributed by atoms with Gasteiger partial charge in [0, 0.05) is 32.7 Å². The van der Waals surface area contributed by atoms with Gasteiger partial charge in [0.2, 0.25) is 0 Å². The fourth-order valence-electron chi connectivity index (χ4n) is 1.68.